The summed E-state index contributed by atoms with van der Waals surface area (Å²) in [7, 11) is 0. The molecular formula is C38H34N8O2. The lowest BCUT2D eigenvalue weighted by Gasteiger charge is -2.33. The number of aromatic amines is 1. The van der Waals surface area contributed by atoms with Gasteiger partial charge in [-0.05, 0) is 103 Å². The lowest BCUT2D eigenvalue weighted by Crippen LogP contribution is -2.45. The van der Waals surface area contributed by atoms with Crippen LogP contribution >= 0.6 is 0 Å². The van der Waals surface area contributed by atoms with Crippen LogP contribution in [0.2, 0.25) is 0 Å². The Balaban J connectivity index is 1.00. The van der Waals surface area contributed by atoms with E-state index in [1.165, 1.54) is 0 Å². The summed E-state index contributed by atoms with van der Waals surface area (Å²) in [5.74, 6) is 3.00. The molecule has 3 aromatic carbocycles. The van der Waals surface area contributed by atoms with Crippen molar-refractivity contribution < 1.29 is 9.53 Å². The minimum atomic E-state index is -0.0189. The van der Waals surface area contributed by atoms with Gasteiger partial charge in [0.15, 0.2) is 0 Å². The van der Waals surface area contributed by atoms with Crippen LogP contribution in [0.25, 0.3) is 33.9 Å². The van der Waals surface area contributed by atoms with Crippen LogP contribution < -0.4 is 15.0 Å². The Labute approximate surface area is 277 Å². The van der Waals surface area contributed by atoms with E-state index in [9.17, 15) is 4.79 Å². The van der Waals surface area contributed by atoms with E-state index < -0.39 is 0 Å². The number of H-pyrrole nitrogens is 1. The SMILES string of the molecule is O=C(NC1CCN(c2ccc(-c3nn[nH]n3)cn2)CC1)c1c2c(nc3ccccc13)/C(=C\c1ccc(Oc3ccccc3)cc1)CCC2. The first-order valence-corrected chi connectivity index (χ1v) is 16.4. The first-order chi connectivity index (χ1) is 23.7. The summed E-state index contributed by atoms with van der Waals surface area (Å²) in [5.41, 5.74) is 6.60. The number of ether oxygens (including phenoxy) is 1. The fourth-order valence-corrected chi connectivity index (χ4v) is 6.69. The molecule has 10 nitrogen and oxygen atoms in total. The minimum Gasteiger partial charge on any atom is -0.457 e. The van der Waals surface area contributed by atoms with Crippen molar-refractivity contribution >= 4 is 34.3 Å². The van der Waals surface area contributed by atoms with Crippen molar-refractivity contribution in [3.8, 4) is 22.9 Å². The normalized spacial score (nSPS) is 15.8. The van der Waals surface area contributed by atoms with Crippen LogP contribution in [0, 0.1) is 0 Å². The summed E-state index contributed by atoms with van der Waals surface area (Å²) in [5, 5.41) is 18.4. The number of anilines is 1. The minimum absolute atomic E-state index is 0.0189. The van der Waals surface area contributed by atoms with E-state index in [2.05, 4.69) is 54.0 Å². The van der Waals surface area contributed by atoms with Gasteiger partial charge < -0.3 is 15.0 Å². The molecule has 4 heterocycles. The largest absolute Gasteiger partial charge is 0.457 e. The summed E-state index contributed by atoms with van der Waals surface area (Å²) in [6.45, 7) is 1.60. The van der Waals surface area contributed by atoms with Crippen LogP contribution in [-0.4, -0.2) is 55.6 Å². The molecular weight excluding hydrogens is 600 g/mol. The van der Waals surface area contributed by atoms with Crippen molar-refractivity contribution in [2.24, 2.45) is 0 Å². The number of fused-ring (bicyclic) bond motifs is 2. The van der Waals surface area contributed by atoms with E-state index in [-0.39, 0.29) is 11.9 Å². The van der Waals surface area contributed by atoms with Gasteiger partial charge in [-0.3, -0.25) is 4.79 Å². The Kier molecular flexibility index (Phi) is 8.03. The molecule has 6 aromatic rings. The third kappa shape index (κ3) is 6.12. The van der Waals surface area contributed by atoms with Crippen LogP contribution in [0.1, 0.15) is 52.9 Å². The van der Waals surface area contributed by atoms with Gasteiger partial charge in [0.05, 0.1) is 16.8 Å². The Bertz CT molecular complexity index is 2070. The second-order valence-corrected chi connectivity index (χ2v) is 12.2. The summed E-state index contributed by atoms with van der Waals surface area (Å²) in [6.07, 6.45) is 8.33. The number of nitrogens with one attached hydrogen (secondary N) is 2. The molecule has 0 spiro atoms. The molecule has 1 saturated heterocycles. The number of tetrazole rings is 1. The van der Waals surface area contributed by atoms with Gasteiger partial charge in [0, 0.05) is 36.3 Å². The van der Waals surface area contributed by atoms with E-state index in [4.69, 9.17) is 9.72 Å². The van der Waals surface area contributed by atoms with Crippen LogP contribution in [0.5, 0.6) is 11.5 Å². The molecule has 10 heteroatoms. The second-order valence-electron chi connectivity index (χ2n) is 12.2. The first-order valence-electron chi connectivity index (χ1n) is 16.4. The highest BCUT2D eigenvalue weighted by Gasteiger charge is 2.28. The van der Waals surface area contributed by atoms with Crippen molar-refractivity contribution in [2.45, 2.75) is 38.1 Å². The predicted octanol–water partition coefficient (Wildman–Crippen LogP) is 6.88. The number of rotatable bonds is 7. The molecule has 0 unspecified atom stereocenters. The molecule has 48 heavy (non-hydrogen) atoms. The molecule has 1 amide bonds. The van der Waals surface area contributed by atoms with Crippen LogP contribution in [-0.2, 0) is 6.42 Å². The zero-order chi connectivity index (χ0) is 32.3. The van der Waals surface area contributed by atoms with Gasteiger partial charge in [-0.25, -0.2) is 9.97 Å². The number of carbonyl (C=O) groups is 1. The molecule has 1 fully saturated rings. The van der Waals surface area contributed by atoms with E-state index in [1.807, 2.05) is 78.9 Å². The van der Waals surface area contributed by atoms with Crippen LogP contribution in [0.3, 0.4) is 0 Å². The van der Waals surface area contributed by atoms with Crippen LogP contribution in [0.15, 0.2) is 97.2 Å². The topological polar surface area (TPSA) is 122 Å². The highest BCUT2D eigenvalue weighted by molar-refractivity contribution is 6.09. The average molecular weight is 635 g/mol. The van der Waals surface area contributed by atoms with Crippen molar-refractivity contribution in [1.82, 2.24) is 35.9 Å². The molecule has 8 rings (SSSR count). The Morgan fingerprint density at radius 1 is 0.896 bits per heavy atom. The molecule has 0 saturated carbocycles. The van der Waals surface area contributed by atoms with Gasteiger partial charge in [0.1, 0.15) is 17.3 Å². The van der Waals surface area contributed by atoms with Crippen molar-refractivity contribution in [2.75, 3.05) is 18.0 Å². The van der Waals surface area contributed by atoms with Gasteiger partial charge in [-0.1, -0.05) is 48.5 Å². The Hall–Kier alpha value is -5.90. The summed E-state index contributed by atoms with van der Waals surface area (Å²) < 4.78 is 5.99. The molecule has 238 valence electrons. The van der Waals surface area contributed by atoms with E-state index >= 15 is 0 Å². The standard InChI is InChI=1S/C38H34N8O2/c47-38(40-28-19-21-46(22-20-28)34-18-15-27(24-39-34)37-42-44-45-43-37)35-31-10-4-5-12-33(31)41-36-26(7-6-11-32(35)36)23-25-13-16-30(17-14-25)48-29-8-2-1-3-9-29/h1-5,8-10,12-18,23-24,28H,6-7,11,19-22H2,(H,40,47)(H,42,43,44,45)/b26-23-. The third-order valence-corrected chi connectivity index (χ3v) is 9.10. The highest BCUT2D eigenvalue weighted by Crippen LogP contribution is 2.36. The number of pyridine rings is 2. The number of hydrogen-bond donors (Lipinski definition) is 2. The van der Waals surface area contributed by atoms with Crippen molar-refractivity contribution in [3.63, 3.8) is 0 Å². The fraction of sp³-hybridized carbons (Fsp3) is 0.211. The second kappa shape index (κ2) is 13.1. The highest BCUT2D eigenvalue weighted by atomic mass is 16.5. The zero-order valence-electron chi connectivity index (χ0n) is 26.3. The molecule has 1 aliphatic heterocycles. The van der Waals surface area contributed by atoms with Gasteiger partial charge >= 0.3 is 0 Å². The number of amides is 1. The van der Waals surface area contributed by atoms with Gasteiger partial charge in [-0.15, -0.1) is 10.2 Å². The number of allylic oxidation sites excluding steroid dienone is 1. The van der Waals surface area contributed by atoms with Gasteiger partial charge in [0.2, 0.25) is 5.82 Å². The maximum Gasteiger partial charge on any atom is 0.252 e. The van der Waals surface area contributed by atoms with E-state index in [0.717, 1.165) is 107 Å². The van der Waals surface area contributed by atoms with Crippen molar-refractivity contribution in [3.05, 3.63) is 120 Å². The summed E-state index contributed by atoms with van der Waals surface area (Å²) in [6, 6.07) is 29.9. The number of piperidine rings is 1. The molecule has 3 aromatic heterocycles. The van der Waals surface area contributed by atoms with E-state index in [1.54, 1.807) is 6.20 Å². The molecule has 0 bridgehead atoms. The summed E-state index contributed by atoms with van der Waals surface area (Å²) >= 11 is 0. The lowest BCUT2D eigenvalue weighted by atomic mass is 9.85. The maximum absolute atomic E-state index is 14.1. The fourth-order valence-electron chi connectivity index (χ4n) is 6.69. The number of carbonyl (C=O) groups excluding carboxylic acids is 1. The number of para-hydroxylation sites is 2. The maximum atomic E-state index is 14.1. The van der Waals surface area contributed by atoms with Crippen LogP contribution in [0.4, 0.5) is 5.82 Å². The third-order valence-electron chi connectivity index (χ3n) is 9.10. The number of nitrogens with zero attached hydrogens (tertiary/aromatic N) is 6. The Morgan fingerprint density at radius 3 is 2.46 bits per heavy atom. The molecule has 0 radical (unpaired) electrons. The lowest BCUT2D eigenvalue weighted by molar-refractivity contribution is 0.0931. The molecule has 2 N–H and O–H groups in total. The quantitative estimate of drug-likeness (QED) is 0.195. The predicted molar refractivity (Wildman–Crippen MR) is 186 cm³/mol. The van der Waals surface area contributed by atoms with Crippen molar-refractivity contribution in [1.29, 1.82) is 0 Å². The molecule has 1 aliphatic carbocycles. The smallest absolute Gasteiger partial charge is 0.252 e. The molecule has 0 atom stereocenters. The number of aromatic nitrogens is 6. The average Bonchev–Trinajstić information content (AvgIpc) is 3.68. The number of hydrogen-bond acceptors (Lipinski definition) is 8. The monoisotopic (exact) mass is 634 g/mol. The van der Waals surface area contributed by atoms with Gasteiger partial charge in [-0.2, -0.15) is 5.21 Å². The summed E-state index contributed by atoms with van der Waals surface area (Å²) in [4.78, 5) is 26.1. The molecule has 2 aliphatic rings. The van der Waals surface area contributed by atoms with E-state index in [0.29, 0.717) is 5.82 Å². The number of benzene rings is 3. The Morgan fingerprint density at radius 2 is 1.69 bits per heavy atom. The zero-order valence-corrected chi connectivity index (χ0v) is 26.3. The first kappa shape index (κ1) is 29.5. The van der Waals surface area contributed by atoms with Gasteiger partial charge in [0.25, 0.3) is 5.91 Å².